The molecule has 0 radical (unpaired) electrons. The lowest BCUT2D eigenvalue weighted by molar-refractivity contribution is 0.0594. The molecular formula is C23H20F4N2O3. The summed E-state index contributed by atoms with van der Waals surface area (Å²) in [4.78, 5) is 16.6. The molecule has 0 spiro atoms. The molecule has 3 aromatic rings. The van der Waals surface area contributed by atoms with Crippen molar-refractivity contribution in [3.8, 4) is 5.75 Å². The molecule has 1 aliphatic rings. The molecule has 1 fully saturated rings. The average molecular weight is 448 g/mol. The summed E-state index contributed by atoms with van der Waals surface area (Å²) in [7, 11) is 0. The van der Waals surface area contributed by atoms with Crippen LogP contribution in [0.5, 0.6) is 5.75 Å². The van der Waals surface area contributed by atoms with Gasteiger partial charge in [-0.3, -0.25) is 9.69 Å². The molecule has 32 heavy (non-hydrogen) atoms. The van der Waals surface area contributed by atoms with Gasteiger partial charge >= 0.3 is 0 Å². The molecule has 0 saturated carbocycles. The van der Waals surface area contributed by atoms with Gasteiger partial charge in [0.15, 0.2) is 23.1 Å². The van der Waals surface area contributed by atoms with Crippen LogP contribution in [-0.4, -0.2) is 41.9 Å². The summed E-state index contributed by atoms with van der Waals surface area (Å²) in [5.41, 5.74) is 1.20. The molecule has 1 amide bonds. The highest BCUT2D eigenvalue weighted by molar-refractivity contribution is 5.91. The minimum atomic E-state index is -1.64. The Hall–Kier alpha value is -3.33. The van der Waals surface area contributed by atoms with E-state index < -0.39 is 35.6 Å². The van der Waals surface area contributed by atoms with Crippen molar-refractivity contribution < 1.29 is 31.5 Å². The van der Waals surface area contributed by atoms with Crippen molar-refractivity contribution >= 4 is 5.91 Å². The number of hydrogen-bond donors (Lipinski definition) is 0. The first-order valence-electron chi connectivity index (χ1n) is 10.0. The summed E-state index contributed by atoms with van der Waals surface area (Å²) in [5.74, 6) is -7.78. The Morgan fingerprint density at radius 2 is 1.56 bits per heavy atom. The smallest absolute Gasteiger partial charge is 0.289 e. The number of halogens is 4. The van der Waals surface area contributed by atoms with E-state index in [1.54, 1.807) is 4.90 Å². The number of carbonyl (C=O) groups is 1. The Morgan fingerprint density at radius 3 is 2.22 bits per heavy atom. The first kappa shape index (κ1) is 21.9. The fraction of sp³-hybridized carbons (Fsp3) is 0.261. The van der Waals surface area contributed by atoms with E-state index in [0.29, 0.717) is 26.2 Å². The van der Waals surface area contributed by atoms with E-state index in [4.69, 9.17) is 9.15 Å². The van der Waals surface area contributed by atoms with E-state index in [1.807, 2.05) is 18.2 Å². The second kappa shape index (κ2) is 9.44. The number of ether oxygens (including phenoxy) is 1. The lowest BCUT2D eigenvalue weighted by atomic mass is 10.2. The minimum Gasteiger partial charge on any atom is -0.479 e. The molecule has 4 rings (SSSR count). The van der Waals surface area contributed by atoms with E-state index in [-0.39, 0.29) is 23.5 Å². The highest BCUT2D eigenvalue weighted by Gasteiger charge is 2.25. The van der Waals surface area contributed by atoms with Gasteiger partial charge in [0.05, 0.1) is 0 Å². The number of benzene rings is 2. The summed E-state index contributed by atoms with van der Waals surface area (Å²) < 4.78 is 64.2. The topological polar surface area (TPSA) is 45.9 Å². The summed E-state index contributed by atoms with van der Waals surface area (Å²) in [6.07, 6.45) is 0. The van der Waals surface area contributed by atoms with Crippen LogP contribution in [0.2, 0.25) is 0 Å². The maximum atomic E-state index is 13.7. The normalized spacial score (nSPS) is 14.6. The van der Waals surface area contributed by atoms with Crippen LogP contribution in [0, 0.1) is 23.3 Å². The molecule has 0 N–H and O–H groups in total. The third kappa shape index (κ3) is 4.77. The molecule has 0 aliphatic carbocycles. The Bertz CT molecular complexity index is 1070. The fourth-order valence-electron chi connectivity index (χ4n) is 3.50. The molecule has 168 valence electrons. The third-order valence-electron chi connectivity index (χ3n) is 5.21. The molecule has 2 heterocycles. The van der Waals surface area contributed by atoms with Gasteiger partial charge in [0, 0.05) is 38.8 Å². The molecule has 1 aromatic heterocycles. The van der Waals surface area contributed by atoms with E-state index >= 15 is 0 Å². The summed E-state index contributed by atoms with van der Waals surface area (Å²) >= 11 is 0. The average Bonchev–Trinajstić information content (AvgIpc) is 3.27. The fourth-order valence-corrected chi connectivity index (χ4v) is 3.50. The molecule has 5 nitrogen and oxygen atoms in total. The van der Waals surface area contributed by atoms with Crippen LogP contribution in [0.3, 0.4) is 0 Å². The zero-order valence-electron chi connectivity index (χ0n) is 17.0. The van der Waals surface area contributed by atoms with Gasteiger partial charge in [-0.1, -0.05) is 30.3 Å². The quantitative estimate of drug-likeness (QED) is 0.415. The van der Waals surface area contributed by atoms with Crippen LogP contribution in [0.15, 0.2) is 52.9 Å². The SMILES string of the molecule is O=C(c1ccc(COc2c(F)c(F)cc(F)c2F)o1)N1CCN(Cc2ccccc2)CC1. The van der Waals surface area contributed by atoms with Gasteiger partial charge in [-0.25, -0.2) is 8.78 Å². The first-order chi connectivity index (χ1) is 15.4. The van der Waals surface area contributed by atoms with Crippen molar-refractivity contribution in [3.63, 3.8) is 0 Å². The predicted octanol–water partition coefficient (Wildman–Crippen LogP) is 4.37. The second-order valence-electron chi connectivity index (χ2n) is 7.41. The van der Waals surface area contributed by atoms with Crippen LogP contribution < -0.4 is 4.74 Å². The maximum absolute atomic E-state index is 13.7. The monoisotopic (exact) mass is 448 g/mol. The standard InChI is InChI=1S/C23H20F4N2O3/c24-17-12-18(25)21(27)22(20(17)26)31-14-16-6-7-19(32-16)23(30)29-10-8-28(9-11-29)13-15-4-2-1-3-5-15/h1-7,12H,8-11,13-14H2. The maximum Gasteiger partial charge on any atom is 0.289 e. The predicted molar refractivity (Wildman–Crippen MR) is 107 cm³/mol. The molecule has 1 aliphatic heterocycles. The van der Waals surface area contributed by atoms with Crippen LogP contribution in [0.25, 0.3) is 0 Å². The number of nitrogens with zero attached hydrogens (tertiary/aromatic N) is 2. The first-order valence-corrected chi connectivity index (χ1v) is 10.0. The Labute approximate surface area is 181 Å². The molecule has 0 bridgehead atoms. The molecule has 9 heteroatoms. The zero-order valence-corrected chi connectivity index (χ0v) is 17.0. The van der Waals surface area contributed by atoms with Crippen molar-refractivity contribution in [2.24, 2.45) is 0 Å². The largest absolute Gasteiger partial charge is 0.479 e. The van der Waals surface area contributed by atoms with Gasteiger partial charge in [0.25, 0.3) is 5.91 Å². The Morgan fingerprint density at radius 1 is 0.906 bits per heavy atom. The summed E-state index contributed by atoms with van der Waals surface area (Å²) in [5, 5.41) is 0. The van der Waals surface area contributed by atoms with Gasteiger partial charge in [0.2, 0.25) is 11.6 Å². The van der Waals surface area contributed by atoms with Crippen LogP contribution in [0.4, 0.5) is 17.6 Å². The number of piperazine rings is 1. The van der Waals surface area contributed by atoms with Crippen molar-refractivity contribution in [1.29, 1.82) is 0 Å². The van der Waals surface area contributed by atoms with Crippen molar-refractivity contribution in [2.75, 3.05) is 26.2 Å². The molecule has 1 saturated heterocycles. The van der Waals surface area contributed by atoms with Gasteiger partial charge in [-0.05, 0) is 17.7 Å². The lowest BCUT2D eigenvalue weighted by Gasteiger charge is -2.34. The van der Waals surface area contributed by atoms with Gasteiger partial charge in [-0.15, -0.1) is 0 Å². The second-order valence-corrected chi connectivity index (χ2v) is 7.41. The van der Waals surface area contributed by atoms with E-state index in [9.17, 15) is 22.4 Å². The Kier molecular flexibility index (Phi) is 6.45. The van der Waals surface area contributed by atoms with Gasteiger partial charge < -0.3 is 14.1 Å². The highest BCUT2D eigenvalue weighted by Crippen LogP contribution is 2.27. The lowest BCUT2D eigenvalue weighted by Crippen LogP contribution is -2.48. The van der Waals surface area contributed by atoms with Crippen LogP contribution in [-0.2, 0) is 13.2 Å². The van der Waals surface area contributed by atoms with E-state index in [0.717, 1.165) is 6.54 Å². The highest BCUT2D eigenvalue weighted by atomic mass is 19.2. The van der Waals surface area contributed by atoms with Crippen molar-refractivity contribution in [2.45, 2.75) is 13.2 Å². The molecular weight excluding hydrogens is 428 g/mol. The Balaban J connectivity index is 1.33. The number of rotatable bonds is 6. The number of hydrogen-bond acceptors (Lipinski definition) is 4. The van der Waals surface area contributed by atoms with Crippen molar-refractivity contribution in [1.82, 2.24) is 9.80 Å². The number of carbonyl (C=O) groups excluding carboxylic acids is 1. The zero-order chi connectivity index (χ0) is 22.7. The van der Waals surface area contributed by atoms with Gasteiger partial charge in [0.1, 0.15) is 12.4 Å². The molecule has 0 atom stereocenters. The molecule has 2 aromatic carbocycles. The third-order valence-corrected chi connectivity index (χ3v) is 5.21. The molecule has 0 unspecified atom stereocenters. The van der Waals surface area contributed by atoms with Crippen LogP contribution >= 0.6 is 0 Å². The number of furan rings is 1. The summed E-state index contributed by atoms with van der Waals surface area (Å²) in [6.45, 7) is 2.77. The van der Waals surface area contributed by atoms with Gasteiger partial charge in [-0.2, -0.15) is 8.78 Å². The van der Waals surface area contributed by atoms with E-state index in [2.05, 4.69) is 17.0 Å². The van der Waals surface area contributed by atoms with Crippen molar-refractivity contribution in [3.05, 3.63) is 88.9 Å². The summed E-state index contributed by atoms with van der Waals surface area (Å²) in [6, 6.07) is 13.0. The minimum absolute atomic E-state index is 0.0477. The number of amides is 1. The van der Waals surface area contributed by atoms with Crippen LogP contribution in [0.1, 0.15) is 21.9 Å². The van der Waals surface area contributed by atoms with E-state index in [1.165, 1.54) is 17.7 Å².